The van der Waals surface area contributed by atoms with Crippen molar-refractivity contribution in [1.29, 1.82) is 5.26 Å². The summed E-state index contributed by atoms with van der Waals surface area (Å²) in [7, 11) is 6.94. The molecule has 1 N–H and O–H groups in total. The summed E-state index contributed by atoms with van der Waals surface area (Å²) in [6, 6.07) is 7.05. The van der Waals surface area contributed by atoms with Crippen molar-refractivity contribution in [1.82, 2.24) is 14.9 Å². The number of ether oxygens (including phenoxy) is 3. The van der Waals surface area contributed by atoms with Crippen LogP contribution in [0.25, 0.3) is 0 Å². The third-order valence-electron chi connectivity index (χ3n) is 4.99. The molecular formula is C22H28N6O4. The van der Waals surface area contributed by atoms with E-state index in [1.165, 1.54) is 20.4 Å². The molecule has 32 heavy (non-hydrogen) atoms. The Hall–Kier alpha value is -3.26. The molecule has 3 rings (SSSR count). The Balaban J connectivity index is 1.79. The van der Waals surface area contributed by atoms with Crippen LogP contribution < -0.4 is 15.0 Å². The molecule has 0 aromatic carbocycles. The van der Waals surface area contributed by atoms with Crippen LogP contribution in [-0.2, 0) is 15.9 Å². The highest BCUT2D eigenvalue weighted by atomic mass is 16.7. The number of aromatic nitrogens is 2. The topological polar surface area (TPSA) is 113 Å². The van der Waals surface area contributed by atoms with Crippen LogP contribution in [0, 0.1) is 11.3 Å². The van der Waals surface area contributed by atoms with Crippen LogP contribution in [0.1, 0.15) is 29.5 Å². The Morgan fingerprint density at radius 1 is 1.34 bits per heavy atom. The molecular weight excluding hydrogens is 412 g/mol. The van der Waals surface area contributed by atoms with Gasteiger partial charge in [-0.15, -0.1) is 0 Å². The lowest BCUT2D eigenvalue weighted by Gasteiger charge is -2.29. The molecule has 0 spiro atoms. The van der Waals surface area contributed by atoms with Crippen LogP contribution in [0.3, 0.4) is 0 Å². The number of carbonyl (C=O) groups is 1. The third-order valence-corrected chi connectivity index (χ3v) is 4.99. The average Bonchev–Trinajstić information content (AvgIpc) is 2.79. The van der Waals surface area contributed by atoms with Crippen LogP contribution in [0.2, 0.25) is 0 Å². The molecule has 0 unspecified atom stereocenters. The second kappa shape index (κ2) is 10.9. The number of amides is 2. The number of nitriles is 1. The molecule has 3 heterocycles. The van der Waals surface area contributed by atoms with Gasteiger partial charge in [-0.1, -0.05) is 6.07 Å². The monoisotopic (exact) mass is 440 g/mol. The fraction of sp³-hybridized carbons (Fsp3) is 0.455. The van der Waals surface area contributed by atoms with Gasteiger partial charge in [-0.05, 0) is 38.6 Å². The first-order valence-corrected chi connectivity index (χ1v) is 10.3. The van der Waals surface area contributed by atoms with E-state index in [2.05, 4.69) is 21.4 Å². The Morgan fingerprint density at radius 2 is 2.12 bits per heavy atom. The first kappa shape index (κ1) is 23.4. The van der Waals surface area contributed by atoms with Gasteiger partial charge in [0.25, 0.3) is 0 Å². The maximum atomic E-state index is 13.1. The van der Waals surface area contributed by atoms with Crippen molar-refractivity contribution < 1.29 is 19.0 Å². The van der Waals surface area contributed by atoms with E-state index in [0.717, 1.165) is 18.4 Å². The summed E-state index contributed by atoms with van der Waals surface area (Å²) in [6.07, 6.45) is 2.42. The van der Waals surface area contributed by atoms with Gasteiger partial charge < -0.3 is 19.1 Å². The van der Waals surface area contributed by atoms with E-state index < -0.39 is 6.29 Å². The number of likely N-dealkylation sites (N-methyl/N-ethyl adjacent to an activating group) is 1. The molecule has 0 bridgehead atoms. The molecule has 0 aliphatic carbocycles. The third kappa shape index (κ3) is 5.50. The second-order valence-corrected chi connectivity index (χ2v) is 7.54. The summed E-state index contributed by atoms with van der Waals surface area (Å²) >= 11 is 0. The minimum absolute atomic E-state index is 0.295. The predicted octanol–water partition coefficient (Wildman–Crippen LogP) is 2.56. The number of fused-ring (bicyclic) bond motifs is 1. The van der Waals surface area contributed by atoms with Gasteiger partial charge in [-0.25, -0.2) is 14.8 Å². The number of hydrogen-bond donors (Lipinski definition) is 1. The number of pyridine rings is 2. The minimum Gasteiger partial charge on any atom is -0.491 e. The Kier molecular flexibility index (Phi) is 7.94. The highest BCUT2D eigenvalue weighted by Gasteiger charge is 2.26. The van der Waals surface area contributed by atoms with Crippen molar-refractivity contribution >= 4 is 17.7 Å². The van der Waals surface area contributed by atoms with E-state index in [1.54, 1.807) is 11.0 Å². The maximum Gasteiger partial charge on any atom is 0.328 e. The van der Waals surface area contributed by atoms with E-state index in [4.69, 9.17) is 14.2 Å². The Labute approximate surface area is 187 Å². The molecule has 0 atom stereocenters. The van der Waals surface area contributed by atoms with Crippen LogP contribution in [-0.4, -0.2) is 68.9 Å². The molecule has 10 nitrogen and oxygen atoms in total. The zero-order valence-electron chi connectivity index (χ0n) is 18.8. The van der Waals surface area contributed by atoms with Gasteiger partial charge >= 0.3 is 6.03 Å². The van der Waals surface area contributed by atoms with Crippen LogP contribution in [0.15, 0.2) is 24.4 Å². The van der Waals surface area contributed by atoms with Gasteiger partial charge in [0.2, 0.25) is 6.29 Å². The van der Waals surface area contributed by atoms with E-state index in [-0.39, 0.29) is 6.03 Å². The SMILES string of the molecule is COC(OC)c1ccc2c(n1)N(C(=O)Nc1cc(OCCN(C)C)c(C#N)cn1)CCC2. The van der Waals surface area contributed by atoms with E-state index in [9.17, 15) is 10.1 Å². The minimum atomic E-state index is -0.616. The Morgan fingerprint density at radius 3 is 2.81 bits per heavy atom. The van der Waals surface area contributed by atoms with Crippen molar-refractivity contribution in [2.45, 2.75) is 19.1 Å². The zero-order valence-corrected chi connectivity index (χ0v) is 18.8. The van der Waals surface area contributed by atoms with E-state index >= 15 is 0 Å². The quantitative estimate of drug-likeness (QED) is 0.623. The molecule has 0 saturated carbocycles. The number of urea groups is 1. The number of rotatable bonds is 8. The van der Waals surface area contributed by atoms with E-state index in [0.29, 0.717) is 48.3 Å². The summed E-state index contributed by atoms with van der Waals surface area (Å²) in [4.78, 5) is 25.4. The summed E-state index contributed by atoms with van der Waals surface area (Å²) in [5.41, 5.74) is 1.87. The molecule has 1 aliphatic heterocycles. The second-order valence-electron chi connectivity index (χ2n) is 7.54. The number of carbonyl (C=O) groups excluding carboxylic acids is 1. The van der Waals surface area contributed by atoms with Crippen LogP contribution in [0.4, 0.5) is 16.4 Å². The number of nitrogens with zero attached hydrogens (tertiary/aromatic N) is 5. The molecule has 0 radical (unpaired) electrons. The fourth-order valence-electron chi connectivity index (χ4n) is 3.34. The number of anilines is 2. The molecule has 2 aromatic heterocycles. The van der Waals surface area contributed by atoms with Crippen molar-refractivity contribution in [3.63, 3.8) is 0 Å². The lowest BCUT2D eigenvalue weighted by atomic mass is 10.1. The summed E-state index contributed by atoms with van der Waals surface area (Å²) in [5, 5.41) is 12.1. The normalized spacial score (nSPS) is 13.1. The van der Waals surface area contributed by atoms with Crippen molar-refractivity contribution in [3.8, 4) is 11.8 Å². The maximum absolute atomic E-state index is 13.1. The molecule has 2 amide bonds. The largest absolute Gasteiger partial charge is 0.491 e. The number of methoxy groups -OCH3 is 2. The molecule has 2 aromatic rings. The van der Waals surface area contributed by atoms with Gasteiger partial charge in [0.05, 0.1) is 11.9 Å². The van der Waals surface area contributed by atoms with Crippen LogP contribution >= 0.6 is 0 Å². The number of aryl methyl sites for hydroxylation is 1. The van der Waals surface area contributed by atoms with E-state index in [1.807, 2.05) is 31.1 Å². The highest BCUT2D eigenvalue weighted by molar-refractivity contribution is 6.01. The van der Waals surface area contributed by atoms with Crippen LogP contribution in [0.5, 0.6) is 5.75 Å². The van der Waals surface area contributed by atoms with Gasteiger partial charge in [0.1, 0.15) is 35.6 Å². The molecule has 1 aliphatic rings. The standard InChI is InChI=1S/C22H28N6O4/c1-27(2)10-11-32-18-12-19(24-14-16(18)13-23)26-22(29)28-9-5-6-15-7-8-17(25-20(15)28)21(30-3)31-4/h7-8,12,14,21H,5-6,9-11H2,1-4H3,(H,24,26,29). The smallest absolute Gasteiger partial charge is 0.328 e. The first-order valence-electron chi connectivity index (χ1n) is 10.3. The number of nitrogens with one attached hydrogen (secondary N) is 1. The van der Waals surface area contributed by atoms with Gasteiger partial charge in [-0.2, -0.15) is 5.26 Å². The molecule has 170 valence electrons. The van der Waals surface area contributed by atoms with Crippen molar-refractivity contribution in [3.05, 3.63) is 41.2 Å². The molecule has 0 saturated heterocycles. The highest BCUT2D eigenvalue weighted by Crippen LogP contribution is 2.29. The zero-order chi connectivity index (χ0) is 23.1. The number of hydrogen-bond acceptors (Lipinski definition) is 8. The van der Waals surface area contributed by atoms with Crippen molar-refractivity contribution in [2.24, 2.45) is 0 Å². The Bertz CT molecular complexity index is 987. The summed E-state index contributed by atoms with van der Waals surface area (Å²) < 4.78 is 16.3. The fourth-order valence-corrected chi connectivity index (χ4v) is 3.34. The predicted molar refractivity (Wildman–Crippen MR) is 119 cm³/mol. The van der Waals surface area contributed by atoms with Crippen molar-refractivity contribution in [2.75, 3.05) is 58.2 Å². The average molecular weight is 441 g/mol. The first-order chi connectivity index (χ1) is 15.5. The molecule has 10 heteroatoms. The lowest BCUT2D eigenvalue weighted by molar-refractivity contribution is -0.108. The van der Waals surface area contributed by atoms with Gasteiger partial charge in [0.15, 0.2) is 0 Å². The van der Waals surface area contributed by atoms with Gasteiger partial charge in [0, 0.05) is 33.4 Å². The summed E-state index contributed by atoms with van der Waals surface area (Å²) in [6.45, 7) is 1.62. The molecule has 0 fully saturated rings. The van der Waals surface area contributed by atoms with Gasteiger partial charge in [-0.3, -0.25) is 10.2 Å². The lowest BCUT2D eigenvalue weighted by Crippen LogP contribution is -2.39. The summed E-state index contributed by atoms with van der Waals surface area (Å²) in [5.74, 6) is 1.24.